The molecule has 2 heterocycles. The van der Waals surface area contributed by atoms with Crippen molar-refractivity contribution in [2.24, 2.45) is 5.10 Å². The van der Waals surface area contributed by atoms with Gasteiger partial charge in [0.15, 0.2) is 5.58 Å². The van der Waals surface area contributed by atoms with Crippen LogP contribution < -0.4 is 5.43 Å². The van der Waals surface area contributed by atoms with E-state index in [0.717, 1.165) is 11.2 Å². The largest absolute Gasteiger partial charge is 0.431 e. The highest BCUT2D eigenvalue weighted by Gasteiger charge is 2.09. The summed E-state index contributed by atoms with van der Waals surface area (Å²) in [7, 11) is 0. The average Bonchev–Trinajstić information content (AvgIpc) is 3.01. The number of amides is 1. The maximum absolute atomic E-state index is 11.8. The third-order valence-electron chi connectivity index (χ3n) is 2.98. The lowest BCUT2D eigenvalue weighted by atomic mass is 10.3. The molecule has 2 aromatic heterocycles. The van der Waals surface area contributed by atoms with Gasteiger partial charge in [-0.1, -0.05) is 30.0 Å². The van der Waals surface area contributed by atoms with E-state index in [9.17, 15) is 4.79 Å². The number of thioether (sulfide) groups is 1. The van der Waals surface area contributed by atoms with E-state index in [1.54, 1.807) is 13.1 Å². The van der Waals surface area contributed by atoms with E-state index in [2.05, 4.69) is 20.5 Å². The number of aromatic nitrogens is 2. The molecule has 1 aromatic carbocycles. The number of hydrogen-bond acceptors (Lipinski definition) is 6. The van der Waals surface area contributed by atoms with Crippen LogP contribution in [0.4, 0.5) is 0 Å². The first-order chi connectivity index (χ1) is 11.2. The zero-order valence-corrected chi connectivity index (χ0v) is 13.2. The smallest absolute Gasteiger partial charge is 0.257 e. The van der Waals surface area contributed by atoms with E-state index >= 15 is 0 Å². The minimum Gasteiger partial charge on any atom is -0.431 e. The summed E-state index contributed by atoms with van der Waals surface area (Å²) in [5.74, 6) is -0.0567. The van der Waals surface area contributed by atoms with Gasteiger partial charge >= 0.3 is 0 Å². The Hall–Kier alpha value is -2.67. The second-order valence-electron chi connectivity index (χ2n) is 4.68. The molecular weight excluding hydrogens is 312 g/mol. The van der Waals surface area contributed by atoms with Crippen molar-refractivity contribution in [2.45, 2.75) is 12.1 Å². The summed E-state index contributed by atoms with van der Waals surface area (Å²) in [5, 5.41) is 4.50. The van der Waals surface area contributed by atoms with E-state index in [1.807, 2.05) is 42.5 Å². The highest BCUT2D eigenvalue weighted by molar-refractivity contribution is 7.99. The summed E-state index contributed by atoms with van der Waals surface area (Å²) in [6.07, 6.45) is 1.68. The summed E-state index contributed by atoms with van der Waals surface area (Å²) >= 11 is 1.23. The molecule has 0 atom stereocenters. The number of fused-ring (bicyclic) bond motifs is 1. The van der Waals surface area contributed by atoms with Crippen LogP contribution in [0, 0.1) is 0 Å². The minimum atomic E-state index is -0.229. The monoisotopic (exact) mass is 326 g/mol. The summed E-state index contributed by atoms with van der Waals surface area (Å²) < 4.78 is 5.54. The molecule has 0 saturated carbocycles. The first kappa shape index (κ1) is 15.2. The Morgan fingerprint density at radius 1 is 1.26 bits per heavy atom. The molecule has 0 aliphatic carbocycles. The molecule has 0 radical (unpaired) electrons. The van der Waals surface area contributed by atoms with Crippen LogP contribution in [-0.4, -0.2) is 27.3 Å². The van der Waals surface area contributed by atoms with Crippen molar-refractivity contribution in [3.63, 3.8) is 0 Å². The fourth-order valence-electron chi connectivity index (χ4n) is 1.85. The SMILES string of the molecule is CC(=NNC(=O)CSc1nc2ccccc2o1)c1ccccn1. The molecule has 116 valence electrons. The van der Waals surface area contributed by atoms with Crippen LogP contribution in [-0.2, 0) is 4.79 Å². The highest BCUT2D eigenvalue weighted by Crippen LogP contribution is 2.22. The fraction of sp³-hybridized carbons (Fsp3) is 0.125. The fourth-order valence-corrected chi connectivity index (χ4v) is 2.48. The second kappa shape index (κ2) is 7.06. The number of rotatable bonds is 5. The van der Waals surface area contributed by atoms with Crippen LogP contribution in [0.3, 0.4) is 0 Å². The quantitative estimate of drug-likeness (QED) is 0.443. The lowest BCUT2D eigenvalue weighted by Gasteiger charge is -2.01. The van der Waals surface area contributed by atoms with Gasteiger partial charge in [-0.2, -0.15) is 5.10 Å². The Labute approximate surface area is 137 Å². The van der Waals surface area contributed by atoms with Gasteiger partial charge in [0.1, 0.15) is 5.52 Å². The number of pyridine rings is 1. The summed E-state index contributed by atoms with van der Waals surface area (Å²) in [6, 6.07) is 13.0. The van der Waals surface area contributed by atoms with E-state index < -0.39 is 0 Å². The number of hydrogen-bond donors (Lipinski definition) is 1. The molecule has 0 fully saturated rings. The zero-order chi connectivity index (χ0) is 16.1. The number of benzene rings is 1. The first-order valence-corrected chi connectivity index (χ1v) is 7.94. The number of oxazole rings is 1. The lowest BCUT2D eigenvalue weighted by Crippen LogP contribution is -2.21. The van der Waals surface area contributed by atoms with Crippen LogP contribution in [0.25, 0.3) is 11.1 Å². The molecule has 1 amide bonds. The van der Waals surface area contributed by atoms with Gasteiger partial charge in [0.05, 0.1) is 17.2 Å². The van der Waals surface area contributed by atoms with E-state index in [4.69, 9.17) is 4.42 Å². The second-order valence-corrected chi connectivity index (χ2v) is 5.61. The molecule has 3 aromatic rings. The Kier molecular flexibility index (Phi) is 4.68. The maximum Gasteiger partial charge on any atom is 0.257 e. The van der Waals surface area contributed by atoms with Crippen LogP contribution in [0.5, 0.6) is 0 Å². The predicted octanol–water partition coefficient (Wildman–Crippen LogP) is 2.86. The standard InChI is InChI=1S/C16H14N4O2S/c1-11(12-6-4-5-9-17-12)19-20-15(21)10-23-16-18-13-7-2-3-8-14(13)22-16/h2-9H,10H2,1H3,(H,20,21). The maximum atomic E-state index is 11.8. The van der Waals surface area contributed by atoms with Crippen molar-refractivity contribution in [3.05, 3.63) is 54.4 Å². The van der Waals surface area contributed by atoms with Gasteiger partial charge in [-0.25, -0.2) is 10.4 Å². The van der Waals surface area contributed by atoms with Crippen molar-refractivity contribution in [2.75, 3.05) is 5.75 Å². The molecule has 3 rings (SSSR count). The molecule has 0 aliphatic heterocycles. The topological polar surface area (TPSA) is 80.4 Å². The highest BCUT2D eigenvalue weighted by atomic mass is 32.2. The Balaban J connectivity index is 1.55. The van der Waals surface area contributed by atoms with Crippen LogP contribution in [0.2, 0.25) is 0 Å². The molecule has 0 saturated heterocycles. The van der Waals surface area contributed by atoms with Crippen molar-refractivity contribution in [3.8, 4) is 0 Å². The molecule has 0 unspecified atom stereocenters. The molecule has 6 nitrogen and oxygen atoms in total. The van der Waals surface area contributed by atoms with Gasteiger partial charge in [-0.3, -0.25) is 9.78 Å². The Morgan fingerprint density at radius 3 is 2.87 bits per heavy atom. The Bertz CT molecular complexity index is 812. The third kappa shape index (κ3) is 3.95. The van der Waals surface area contributed by atoms with Crippen molar-refractivity contribution in [1.82, 2.24) is 15.4 Å². The molecule has 0 bridgehead atoms. The number of para-hydroxylation sites is 2. The first-order valence-electron chi connectivity index (χ1n) is 6.95. The predicted molar refractivity (Wildman–Crippen MR) is 89.3 cm³/mol. The molecule has 7 heteroatoms. The van der Waals surface area contributed by atoms with Gasteiger partial charge in [0.2, 0.25) is 0 Å². The number of carbonyl (C=O) groups is 1. The van der Waals surface area contributed by atoms with Crippen LogP contribution >= 0.6 is 11.8 Å². The van der Waals surface area contributed by atoms with E-state index in [-0.39, 0.29) is 11.7 Å². The lowest BCUT2D eigenvalue weighted by molar-refractivity contribution is -0.118. The molecular formula is C16H14N4O2S. The third-order valence-corrected chi connectivity index (χ3v) is 3.81. The van der Waals surface area contributed by atoms with Crippen molar-refractivity contribution in [1.29, 1.82) is 0 Å². The number of nitrogens with zero attached hydrogens (tertiary/aromatic N) is 3. The van der Waals surface area contributed by atoms with Gasteiger partial charge in [-0.15, -0.1) is 0 Å². The Morgan fingerprint density at radius 2 is 2.09 bits per heavy atom. The minimum absolute atomic E-state index is 0.172. The van der Waals surface area contributed by atoms with E-state index in [1.165, 1.54) is 11.8 Å². The molecule has 23 heavy (non-hydrogen) atoms. The van der Waals surface area contributed by atoms with Gasteiger partial charge in [0, 0.05) is 6.20 Å². The van der Waals surface area contributed by atoms with Gasteiger partial charge in [0.25, 0.3) is 11.1 Å². The number of hydrazone groups is 1. The van der Waals surface area contributed by atoms with Crippen molar-refractivity contribution < 1.29 is 9.21 Å². The van der Waals surface area contributed by atoms with E-state index in [0.29, 0.717) is 16.5 Å². The molecule has 0 aliphatic rings. The normalized spacial score (nSPS) is 11.6. The zero-order valence-electron chi connectivity index (χ0n) is 12.4. The summed E-state index contributed by atoms with van der Waals surface area (Å²) in [6.45, 7) is 1.79. The van der Waals surface area contributed by atoms with Gasteiger partial charge in [-0.05, 0) is 31.2 Å². The summed E-state index contributed by atoms with van der Waals surface area (Å²) in [4.78, 5) is 20.3. The molecule has 1 N–H and O–H groups in total. The van der Waals surface area contributed by atoms with Crippen molar-refractivity contribution >= 4 is 34.5 Å². The van der Waals surface area contributed by atoms with Gasteiger partial charge < -0.3 is 4.42 Å². The van der Waals surface area contributed by atoms with Crippen LogP contribution in [0.15, 0.2) is 63.4 Å². The number of nitrogens with one attached hydrogen (secondary N) is 1. The number of carbonyl (C=O) groups excluding carboxylic acids is 1. The average molecular weight is 326 g/mol. The summed E-state index contributed by atoms with van der Waals surface area (Å²) in [5.41, 5.74) is 5.35. The van der Waals surface area contributed by atoms with Crippen LogP contribution in [0.1, 0.15) is 12.6 Å². The molecule has 0 spiro atoms.